The molecule has 2 heterocycles. The zero-order valence-electron chi connectivity index (χ0n) is 8.25. The van der Waals surface area contributed by atoms with E-state index in [0.29, 0.717) is 18.3 Å². The lowest BCUT2D eigenvalue weighted by Crippen LogP contribution is -2.02. The number of hydrogen-bond donors (Lipinski definition) is 2. The lowest BCUT2D eigenvalue weighted by Gasteiger charge is -2.00. The highest BCUT2D eigenvalue weighted by molar-refractivity contribution is 5.84. The van der Waals surface area contributed by atoms with Crippen LogP contribution in [0.25, 0.3) is 0 Å². The molecule has 2 aromatic heterocycles. The van der Waals surface area contributed by atoms with Crippen molar-refractivity contribution in [2.24, 2.45) is 0 Å². The van der Waals surface area contributed by atoms with Crippen molar-refractivity contribution in [1.82, 2.24) is 9.97 Å². The van der Waals surface area contributed by atoms with E-state index in [1.165, 1.54) is 6.07 Å². The molecule has 16 heavy (non-hydrogen) atoms. The summed E-state index contributed by atoms with van der Waals surface area (Å²) >= 11 is 0. The molecule has 0 unspecified atom stereocenters. The minimum atomic E-state index is -1.08. The number of nitrogens with one attached hydrogen (secondary N) is 1. The number of carboxylic acids is 1. The van der Waals surface area contributed by atoms with Gasteiger partial charge in [-0.3, -0.25) is 0 Å². The van der Waals surface area contributed by atoms with Crippen LogP contribution < -0.4 is 5.32 Å². The normalized spacial score (nSPS) is 10.0. The van der Waals surface area contributed by atoms with E-state index in [2.05, 4.69) is 15.3 Å². The lowest BCUT2D eigenvalue weighted by atomic mass is 10.4. The van der Waals surface area contributed by atoms with E-state index in [4.69, 9.17) is 9.52 Å². The van der Waals surface area contributed by atoms with Gasteiger partial charge in [-0.15, -0.1) is 0 Å². The Balaban J connectivity index is 1.97. The van der Waals surface area contributed by atoms with Crippen LogP contribution >= 0.6 is 0 Å². The third-order valence-electron chi connectivity index (χ3n) is 1.86. The van der Waals surface area contributed by atoms with Crippen LogP contribution in [0.5, 0.6) is 0 Å². The second-order valence-electron chi connectivity index (χ2n) is 3.00. The smallest absolute Gasteiger partial charge is 0.371 e. The highest BCUT2D eigenvalue weighted by atomic mass is 16.4. The molecule has 0 aromatic carbocycles. The number of carboxylic acid groups (broad SMARTS) is 1. The van der Waals surface area contributed by atoms with Gasteiger partial charge in [0.05, 0.1) is 6.54 Å². The minimum Gasteiger partial charge on any atom is -0.475 e. The van der Waals surface area contributed by atoms with Crippen molar-refractivity contribution in [2.75, 3.05) is 5.32 Å². The van der Waals surface area contributed by atoms with Gasteiger partial charge in [0.25, 0.3) is 0 Å². The molecule has 0 radical (unpaired) electrons. The van der Waals surface area contributed by atoms with Crippen LogP contribution in [0.2, 0.25) is 0 Å². The molecule has 0 aliphatic rings. The molecule has 6 nitrogen and oxygen atoms in total. The van der Waals surface area contributed by atoms with Crippen molar-refractivity contribution in [2.45, 2.75) is 6.54 Å². The Hall–Kier alpha value is -2.37. The van der Waals surface area contributed by atoms with Crippen molar-refractivity contribution < 1.29 is 14.3 Å². The maximum Gasteiger partial charge on any atom is 0.371 e. The molecule has 2 N–H and O–H groups in total. The minimum absolute atomic E-state index is 0.0780. The molecule has 0 amide bonds. The molecule has 0 aliphatic carbocycles. The second-order valence-corrected chi connectivity index (χ2v) is 3.00. The third-order valence-corrected chi connectivity index (χ3v) is 1.86. The molecule has 0 atom stereocenters. The molecule has 2 rings (SSSR count). The molecule has 0 bridgehead atoms. The van der Waals surface area contributed by atoms with Gasteiger partial charge in [0.1, 0.15) is 5.76 Å². The molecule has 6 heteroatoms. The number of furan rings is 1. The van der Waals surface area contributed by atoms with Crippen molar-refractivity contribution in [1.29, 1.82) is 0 Å². The predicted octanol–water partition coefficient (Wildman–Crippen LogP) is 1.38. The molecule has 2 aromatic rings. The zero-order chi connectivity index (χ0) is 11.4. The Morgan fingerprint density at radius 1 is 1.38 bits per heavy atom. The van der Waals surface area contributed by atoms with Gasteiger partial charge in [-0.1, -0.05) is 0 Å². The van der Waals surface area contributed by atoms with Gasteiger partial charge in [0, 0.05) is 12.4 Å². The summed E-state index contributed by atoms with van der Waals surface area (Å²) in [5.41, 5.74) is 0. The number of aromatic nitrogens is 2. The lowest BCUT2D eigenvalue weighted by molar-refractivity contribution is 0.0660. The number of aromatic carboxylic acids is 1. The molecule has 0 spiro atoms. The van der Waals surface area contributed by atoms with Gasteiger partial charge >= 0.3 is 5.97 Å². The highest BCUT2D eigenvalue weighted by Gasteiger charge is 2.08. The first-order chi connectivity index (χ1) is 7.75. The van der Waals surface area contributed by atoms with E-state index in [1.807, 2.05) is 0 Å². The number of hydrogen-bond acceptors (Lipinski definition) is 5. The van der Waals surface area contributed by atoms with E-state index < -0.39 is 5.97 Å². The van der Waals surface area contributed by atoms with Crippen molar-refractivity contribution in [3.05, 3.63) is 42.1 Å². The monoisotopic (exact) mass is 219 g/mol. The van der Waals surface area contributed by atoms with Crippen LogP contribution in [0.1, 0.15) is 16.3 Å². The summed E-state index contributed by atoms with van der Waals surface area (Å²) in [5.74, 6) is -0.173. The largest absolute Gasteiger partial charge is 0.475 e. The SMILES string of the molecule is O=C(O)c1ccc(CNc2ncccn2)o1. The number of nitrogens with zero attached hydrogens (tertiary/aromatic N) is 2. The van der Waals surface area contributed by atoms with Crippen molar-refractivity contribution in [3.8, 4) is 0 Å². The van der Waals surface area contributed by atoms with E-state index >= 15 is 0 Å². The zero-order valence-corrected chi connectivity index (χ0v) is 8.25. The first-order valence-electron chi connectivity index (χ1n) is 4.58. The summed E-state index contributed by atoms with van der Waals surface area (Å²) < 4.78 is 5.05. The summed E-state index contributed by atoms with van der Waals surface area (Å²) in [7, 11) is 0. The second kappa shape index (κ2) is 4.43. The summed E-state index contributed by atoms with van der Waals surface area (Å²) in [6.45, 7) is 0.345. The van der Waals surface area contributed by atoms with Gasteiger partial charge in [0.15, 0.2) is 0 Å². The fourth-order valence-corrected chi connectivity index (χ4v) is 1.14. The predicted molar refractivity (Wildman–Crippen MR) is 55.0 cm³/mol. The summed E-state index contributed by atoms with van der Waals surface area (Å²) in [5, 5.41) is 11.5. The Morgan fingerprint density at radius 3 is 2.75 bits per heavy atom. The Labute approximate surface area is 91.0 Å². The average molecular weight is 219 g/mol. The van der Waals surface area contributed by atoms with Crippen LogP contribution in [0.15, 0.2) is 35.0 Å². The molecule has 0 fully saturated rings. The van der Waals surface area contributed by atoms with Gasteiger partial charge in [-0.05, 0) is 18.2 Å². The molecule has 0 saturated carbocycles. The van der Waals surface area contributed by atoms with Gasteiger partial charge in [0.2, 0.25) is 11.7 Å². The third kappa shape index (κ3) is 2.35. The van der Waals surface area contributed by atoms with Gasteiger partial charge < -0.3 is 14.8 Å². The summed E-state index contributed by atoms with van der Waals surface area (Å²) in [6, 6.07) is 4.71. The van der Waals surface area contributed by atoms with Crippen LogP contribution in [-0.2, 0) is 6.54 Å². The fraction of sp³-hybridized carbons (Fsp3) is 0.100. The van der Waals surface area contributed by atoms with Crippen molar-refractivity contribution in [3.63, 3.8) is 0 Å². The van der Waals surface area contributed by atoms with Gasteiger partial charge in [-0.2, -0.15) is 0 Å². The van der Waals surface area contributed by atoms with E-state index in [9.17, 15) is 4.79 Å². The quantitative estimate of drug-likeness (QED) is 0.807. The highest BCUT2D eigenvalue weighted by Crippen LogP contribution is 2.09. The Morgan fingerprint density at radius 2 is 2.12 bits per heavy atom. The van der Waals surface area contributed by atoms with Crippen LogP contribution in [0, 0.1) is 0 Å². The molecular weight excluding hydrogens is 210 g/mol. The number of carbonyl (C=O) groups is 1. The standard InChI is InChI=1S/C10H9N3O3/c14-9(15)8-3-2-7(16-8)6-13-10-11-4-1-5-12-10/h1-5H,6H2,(H,14,15)(H,11,12,13). The van der Waals surface area contributed by atoms with Gasteiger partial charge in [-0.25, -0.2) is 14.8 Å². The molecule has 0 saturated heterocycles. The average Bonchev–Trinajstić information content (AvgIpc) is 2.76. The Bertz CT molecular complexity index is 481. The number of rotatable bonds is 4. The van der Waals surface area contributed by atoms with E-state index in [-0.39, 0.29) is 5.76 Å². The fourth-order valence-electron chi connectivity index (χ4n) is 1.14. The van der Waals surface area contributed by atoms with E-state index in [0.717, 1.165) is 0 Å². The van der Waals surface area contributed by atoms with Crippen LogP contribution in [0.3, 0.4) is 0 Å². The maximum absolute atomic E-state index is 10.5. The van der Waals surface area contributed by atoms with Crippen LogP contribution in [0.4, 0.5) is 5.95 Å². The maximum atomic E-state index is 10.5. The summed E-state index contributed by atoms with van der Waals surface area (Å²) in [6.07, 6.45) is 3.22. The molecule has 0 aliphatic heterocycles. The Kier molecular flexibility index (Phi) is 2.81. The first kappa shape index (κ1) is 10.2. The van der Waals surface area contributed by atoms with Crippen LogP contribution in [-0.4, -0.2) is 21.0 Å². The summed E-state index contributed by atoms with van der Waals surface area (Å²) in [4.78, 5) is 18.5. The molecular formula is C10H9N3O3. The van der Waals surface area contributed by atoms with E-state index in [1.54, 1.807) is 24.5 Å². The molecule has 82 valence electrons. The van der Waals surface area contributed by atoms with Crippen molar-refractivity contribution >= 4 is 11.9 Å². The first-order valence-corrected chi connectivity index (χ1v) is 4.58. The topological polar surface area (TPSA) is 88.2 Å². The number of anilines is 1.